The first-order chi connectivity index (χ1) is 7.70. The summed E-state index contributed by atoms with van der Waals surface area (Å²) in [6.45, 7) is 6.95. The Labute approximate surface area is 105 Å². The Morgan fingerprint density at radius 3 is 3.12 bits per heavy atom. The van der Waals surface area contributed by atoms with Crippen molar-refractivity contribution in [1.29, 1.82) is 0 Å². The number of hydrogen-bond donors (Lipinski definition) is 0. The van der Waals surface area contributed by atoms with E-state index in [9.17, 15) is 0 Å². The van der Waals surface area contributed by atoms with Crippen LogP contribution in [0.4, 0.5) is 5.82 Å². The molecule has 0 bridgehead atoms. The molecule has 1 atom stereocenters. The van der Waals surface area contributed by atoms with Gasteiger partial charge in [-0.15, -0.1) is 0 Å². The van der Waals surface area contributed by atoms with Crippen molar-refractivity contribution in [3.8, 4) is 0 Å². The average Bonchev–Trinajstić information content (AvgIpc) is 2.29. The van der Waals surface area contributed by atoms with Gasteiger partial charge in [0, 0.05) is 23.8 Å². The fraction of sp³-hybridized carbons (Fsp3) is 0.583. The molecule has 0 aliphatic carbocycles. The summed E-state index contributed by atoms with van der Waals surface area (Å²) in [5, 5.41) is 0. The third-order valence-corrected chi connectivity index (χ3v) is 3.34. The van der Waals surface area contributed by atoms with Crippen LogP contribution in [0.5, 0.6) is 0 Å². The molecule has 0 aromatic carbocycles. The predicted molar refractivity (Wildman–Crippen MR) is 68.9 cm³/mol. The largest absolute Gasteiger partial charge is 0.375 e. The highest BCUT2D eigenvalue weighted by Gasteiger charge is 2.21. The van der Waals surface area contributed by atoms with Crippen LogP contribution in [0.25, 0.3) is 0 Å². The number of hydrogen-bond acceptors (Lipinski definition) is 3. The SMILES string of the molecule is CCC1CN(c2ncc(Br)cc2C)CCO1. The zero-order valence-corrected chi connectivity index (χ0v) is 11.3. The minimum Gasteiger partial charge on any atom is -0.375 e. The lowest BCUT2D eigenvalue weighted by Crippen LogP contribution is -2.42. The van der Waals surface area contributed by atoms with Gasteiger partial charge in [0.15, 0.2) is 0 Å². The van der Waals surface area contributed by atoms with Crippen molar-refractivity contribution in [3.63, 3.8) is 0 Å². The molecule has 1 aliphatic heterocycles. The first-order valence-corrected chi connectivity index (χ1v) is 6.48. The molecular weight excluding hydrogens is 268 g/mol. The topological polar surface area (TPSA) is 25.4 Å². The Morgan fingerprint density at radius 1 is 1.62 bits per heavy atom. The van der Waals surface area contributed by atoms with Crippen LogP contribution in [0.1, 0.15) is 18.9 Å². The third kappa shape index (κ3) is 2.55. The van der Waals surface area contributed by atoms with E-state index < -0.39 is 0 Å². The van der Waals surface area contributed by atoms with Crippen molar-refractivity contribution >= 4 is 21.7 Å². The Balaban J connectivity index is 2.16. The molecule has 88 valence electrons. The summed E-state index contributed by atoms with van der Waals surface area (Å²) in [4.78, 5) is 6.81. The molecule has 1 aromatic heterocycles. The van der Waals surface area contributed by atoms with E-state index in [0.29, 0.717) is 6.10 Å². The van der Waals surface area contributed by atoms with Crippen molar-refractivity contribution < 1.29 is 4.74 Å². The van der Waals surface area contributed by atoms with E-state index in [4.69, 9.17) is 4.74 Å². The molecule has 1 fully saturated rings. The normalized spacial score (nSPS) is 21.2. The molecule has 1 unspecified atom stereocenters. The molecule has 0 N–H and O–H groups in total. The van der Waals surface area contributed by atoms with Gasteiger partial charge in [-0.1, -0.05) is 6.92 Å². The van der Waals surface area contributed by atoms with Crippen molar-refractivity contribution in [2.45, 2.75) is 26.4 Å². The Hall–Kier alpha value is -0.610. The zero-order valence-electron chi connectivity index (χ0n) is 9.74. The first kappa shape index (κ1) is 11.9. The monoisotopic (exact) mass is 284 g/mol. The van der Waals surface area contributed by atoms with Gasteiger partial charge in [0.05, 0.1) is 12.7 Å². The maximum absolute atomic E-state index is 5.66. The van der Waals surface area contributed by atoms with E-state index >= 15 is 0 Å². The summed E-state index contributed by atoms with van der Waals surface area (Å²) in [6, 6.07) is 2.11. The quantitative estimate of drug-likeness (QED) is 0.835. The van der Waals surface area contributed by atoms with Crippen LogP contribution in [-0.2, 0) is 4.74 Å². The van der Waals surface area contributed by atoms with Gasteiger partial charge in [-0.3, -0.25) is 0 Å². The Kier molecular flexibility index (Phi) is 3.82. The summed E-state index contributed by atoms with van der Waals surface area (Å²) in [5.74, 6) is 1.09. The van der Waals surface area contributed by atoms with Crippen LogP contribution in [-0.4, -0.2) is 30.8 Å². The second-order valence-electron chi connectivity index (χ2n) is 4.14. The van der Waals surface area contributed by atoms with Gasteiger partial charge in [-0.25, -0.2) is 4.98 Å². The molecule has 1 aliphatic rings. The number of morpholine rings is 1. The van der Waals surface area contributed by atoms with E-state index in [-0.39, 0.29) is 0 Å². The van der Waals surface area contributed by atoms with Crippen LogP contribution in [0, 0.1) is 6.92 Å². The zero-order chi connectivity index (χ0) is 11.5. The number of pyridine rings is 1. The smallest absolute Gasteiger partial charge is 0.131 e. The maximum atomic E-state index is 5.66. The molecule has 0 radical (unpaired) electrons. The number of aromatic nitrogens is 1. The Bertz CT molecular complexity index is 370. The molecule has 0 saturated carbocycles. The fourth-order valence-electron chi connectivity index (χ4n) is 2.02. The first-order valence-electron chi connectivity index (χ1n) is 5.69. The molecule has 4 heteroatoms. The molecule has 0 amide bonds. The lowest BCUT2D eigenvalue weighted by molar-refractivity contribution is 0.0381. The van der Waals surface area contributed by atoms with Crippen LogP contribution in [0.2, 0.25) is 0 Å². The van der Waals surface area contributed by atoms with E-state index in [0.717, 1.165) is 36.4 Å². The number of rotatable bonds is 2. The number of anilines is 1. The summed E-state index contributed by atoms with van der Waals surface area (Å²) < 4.78 is 6.70. The number of ether oxygens (including phenoxy) is 1. The minimum absolute atomic E-state index is 0.346. The van der Waals surface area contributed by atoms with E-state index in [2.05, 4.69) is 45.7 Å². The lowest BCUT2D eigenvalue weighted by Gasteiger charge is -2.34. The highest BCUT2D eigenvalue weighted by molar-refractivity contribution is 9.10. The summed E-state index contributed by atoms with van der Waals surface area (Å²) in [6.07, 6.45) is 3.27. The molecule has 2 heterocycles. The number of halogens is 1. The van der Waals surface area contributed by atoms with E-state index in [1.54, 1.807) is 0 Å². The fourth-order valence-corrected chi connectivity index (χ4v) is 2.47. The second-order valence-corrected chi connectivity index (χ2v) is 5.06. The van der Waals surface area contributed by atoms with E-state index in [1.807, 2.05) is 6.20 Å². The van der Waals surface area contributed by atoms with Crippen molar-refractivity contribution in [1.82, 2.24) is 4.98 Å². The summed E-state index contributed by atoms with van der Waals surface area (Å²) >= 11 is 3.44. The molecule has 2 rings (SSSR count). The molecule has 1 aromatic rings. The van der Waals surface area contributed by atoms with Gasteiger partial charge in [0.25, 0.3) is 0 Å². The third-order valence-electron chi connectivity index (χ3n) is 2.91. The number of nitrogens with zero attached hydrogens (tertiary/aromatic N) is 2. The van der Waals surface area contributed by atoms with Crippen LogP contribution < -0.4 is 4.90 Å². The Morgan fingerprint density at radius 2 is 2.44 bits per heavy atom. The highest BCUT2D eigenvalue weighted by Crippen LogP contribution is 2.22. The molecule has 0 spiro atoms. The number of aryl methyl sites for hydroxylation is 1. The molecule has 3 nitrogen and oxygen atoms in total. The molecule has 16 heavy (non-hydrogen) atoms. The van der Waals surface area contributed by atoms with Crippen molar-refractivity contribution in [2.75, 3.05) is 24.6 Å². The maximum Gasteiger partial charge on any atom is 0.131 e. The molecular formula is C12H17BrN2O. The van der Waals surface area contributed by atoms with Gasteiger partial charge >= 0.3 is 0 Å². The second kappa shape index (κ2) is 5.15. The highest BCUT2D eigenvalue weighted by atomic mass is 79.9. The van der Waals surface area contributed by atoms with Crippen molar-refractivity contribution in [2.24, 2.45) is 0 Å². The van der Waals surface area contributed by atoms with Gasteiger partial charge < -0.3 is 9.64 Å². The molecule has 1 saturated heterocycles. The van der Waals surface area contributed by atoms with Gasteiger partial charge in [-0.2, -0.15) is 0 Å². The van der Waals surface area contributed by atoms with Gasteiger partial charge in [0.2, 0.25) is 0 Å². The standard InChI is InChI=1S/C12H17BrN2O/c1-3-11-8-15(4-5-16-11)12-9(2)6-10(13)7-14-12/h6-7,11H,3-5,8H2,1-2H3. The minimum atomic E-state index is 0.346. The van der Waals surface area contributed by atoms with Gasteiger partial charge in [0.1, 0.15) is 5.82 Å². The van der Waals surface area contributed by atoms with Gasteiger partial charge in [-0.05, 0) is 40.9 Å². The predicted octanol–water partition coefficient (Wildman–Crippen LogP) is 2.77. The van der Waals surface area contributed by atoms with Crippen LogP contribution in [0.3, 0.4) is 0 Å². The average molecular weight is 285 g/mol. The van der Waals surface area contributed by atoms with Crippen LogP contribution in [0.15, 0.2) is 16.7 Å². The van der Waals surface area contributed by atoms with E-state index in [1.165, 1.54) is 5.56 Å². The summed E-state index contributed by atoms with van der Waals surface area (Å²) in [7, 11) is 0. The summed E-state index contributed by atoms with van der Waals surface area (Å²) in [5.41, 5.74) is 1.21. The van der Waals surface area contributed by atoms with Crippen LogP contribution >= 0.6 is 15.9 Å². The van der Waals surface area contributed by atoms with Crippen molar-refractivity contribution in [3.05, 3.63) is 22.3 Å². The lowest BCUT2D eigenvalue weighted by atomic mass is 10.2.